The van der Waals surface area contributed by atoms with Gasteiger partial charge in [0.25, 0.3) is 0 Å². The highest BCUT2D eigenvalue weighted by atomic mass is 16.6. The van der Waals surface area contributed by atoms with Gasteiger partial charge < -0.3 is 28.4 Å². The van der Waals surface area contributed by atoms with Crippen LogP contribution in [-0.4, -0.2) is 38.4 Å². The molecule has 4 aromatic rings. The van der Waals surface area contributed by atoms with Gasteiger partial charge in [0.2, 0.25) is 11.5 Å². The highest BCUT2D eigenvalue weighted by Crippen LogP contribution is 2.57. The van der Waals surface area contributed by atoms with E-state index in [1.807, 2.05) is 24.3 Å². The van der Waals surface area contributed by atoms with Crippen LogP contribution >= 0.6 is 0 Å². The monoisotopic (exact) mass is 688 g/mol. The van der Waals surface area contributed by atoms with Crippen molar-refractivity contribution in [1.82, 2.24) is 0 Å². The summed E-state index contributed by atoms with van der Waals surface area (Å²) in [6.07, 6.45) is 11.7. The van der Waals surface area contributed by atoms with E-state index in [0.717, 1.165) is 98.6 Å². The van der Waals surface area contributed by atoms with Crippen LogP contribution < -0.4 is 28.4 Å². The molecule has 0 saturated carbocycles. The first-order chi connectivity index (χ1) is 24.4. The molecule has 0 bridgehead atoms. The number of ether oxygens (including phenoxy) is 6. The maximum absolute atomic E-state index is 12.7. The lowest BCUT2D eigenvalue weighted by atomic mass is 9.91. The fourth-order valence-corrected chi connectivity index (χ4v) is 6.25. The van der Waals surface area contributed by atoms with Crippen LogP contribution in [0.3, 0.4) is 0 Å². The topological polar surface area (TPSA) is 89.5 Å². The highest BCUT2D eigenvalue weighted by molar-refractivity contribution is 6.31. The number of fused-ring (bicyclic) bond motifs is 6. The summed E-state index contributed by atoms with van der Waals surface area (Å²) in [5.74, 6) is 1.31. The van der Waals surface area contributed by atoms with Crippen molar-refractivity contribution in [1.29, 1.82) is 0 Å². The van der Waals surface area contributed by atoms with Gasteiger partial charge in [-0.25, -0.2) is 0 Å². The summed E-state index contributed by atoms with van der Waals surface area (Å²) in [7, 11) is 0. The minimum Gasteiger partial charge on any atom is -0.489 e. The van der Waals surface area contributed by atoms with Gasteiger partial charge in [-0.05, 0) is 54.0 Å². The number of rotatable bonds is 22. The van der Waals surface area contributed by atoms with Crippen LogP contribution in [0.2, 0.25) is 0 Å². The Kier molecular flexibility index (Phi) is 15.3. The van der Waals surface area contributed by atoms with Gasteiger partial charge in [0.1, 0.15) is 0 Å². The standard InChI is InChI=1S/C42H56O8/c1-7-11-17-25-45-39-36-32-22-16-15-21-31(32)33-23-24-34(49-29(5)43)38(50-30(6)44)35(33)37(36)40(46-26-18-12-8-2)42(48-28-20-14-10-4)41(39)47-27-19-13-9-3/h15-16,21-24H,7-14,17-20,25-28H2,1-6H3. The Balaban J connectivity index is 2.24. The van der Waals surface area contributed by atoms with Crippen LogP contribution in [0.4, 0.5) is 0 Å². The molecule has 0 aliphatic carbocycles. The largest absolute Gasteiger partial charge is 0.489 e. The number of unbranched alkanes of at least 4 members (excludes halogenated alkanes) is 8. The molecule has 0 fully saturated rings. The number of esters is 2. The SMILES string of the molecule is CCCCCOc1c(OCCCCC)c(OCCCCC)c2c3c(OC(C)=O)c(OC(C)=O)ccc3c3ccccc3c2c1OCCCCC. The van der Waals surface area contributed by atoms with Crippen LogP contribution in [0.25, 0.3) is 32.3 Å². The molecule has 0 spiro atoms. The predicted octanol–water partition coefficient (Wildman–Crippen LogP) is 11.3. The second-order valence-corrected chi connectivity index (χ2v) is 12.8. The second-order valence-electron chi connectivity index (χ2n) is 12.8. The number of carbonyl (C=O) groups is 2. The molecule has 0 aromatic heterocycles. The third kappa shape index (κ3) is 9.52. The van der Waals surface area contributed by atoms with E-state index in [4.69, 9.17) is 28.4 Å². The van der Waals surface area contributed by atoms with Crippen LogP contribution in [0.5, 0.6) is 34.5 Å². The smallest absolute Gasteiger partial charge is 0.308 e. The van der Waals surface area contributed by atoms with Gasteiger partial charge in [-0.1, -0.05) is 103 Å². The molecule has 0 amide bonds. The molecule has 0 heterocycles. The summed E-state index contributed by atoms with van der Waals surface area (Å²) in [5.41, 5.74) is 0. The second kappa shape index (κ2) is 19.9. The van der Waals surface area contributed by atoms with Crippen molar-refractivity contribution < 1.29 is 38.0 Å². The lowest BCUT2D eigenvalue weighted by molar-refractivity contribution is -0.134. The maximum Gasteiger partial charge on any atom is 0.308 e. The van der Waals surface area contributed by atoms with Gasteiger partial charge in [-0.15, -0.1) is 0 Å². The Labute approximate surface area is 297 Å². The molecule has 0 aliphatic rings. The van der Waals surface area contributed by atoms with Crippen LogP contribution in [0, 0.1) is 0 Å². The van der Waals surface area contributed by atoms with Crippen molar-refractivity contribution in [2.24, 2.45) is 0 Å². The van der Waals surface area contributed by atoms with E-state index in [-0.39, 0.29) is 11.5 Å². The molecule has 0 atom stereocenters. The average Bonchev–Trinajstić information content (AvgIpc) is 3.10. The number of carbonyl (C=O) groups excluding carboxylic acids is 2. The van der Waals surface area contributed by atoms with Gasteiger partial charge in [-0.2, -0.15) is 0 Å². The van der Waals surface area contributed by atoms with Crippen molar-refractivity contribution in [2.45, 2.75) is 119 Å². The third-order valence-electron chi connectivity index (χ3n) is 8.66. The van der Waals surface area contributed by atoms with Gasteiger partial charge in [0.05, 0.1) is 26.4 Å². The Hall–Kier alpha value is -4.20. The molecule has 272 valence electrons. The Bertz CT molecular complexity index is 1730. The zero-order chi connectivity index (χ0) is 35.9. The Morgan fingerprint density at radius 1 is 0.440 bits per heavy atom. The molecule has 0 N–H and O–H groups in total. The Morgan fingerprint density at radius 3 is 1.30 bits per heavy atom. The molecule has 8 heteroatoms. The number of benzene rings is 4. The molecule has 0 unspecified atom stereocenters. The van der Waals surface area contributed by atoms with Crippen molar-refractivity contribution in [3.05, 3.63) is 36.4 Å². The molecule has 8 nitrogen and oxygen atoms in total. The van der Waals surface area contributed by atoms with E-state index in [2.05, 4.69) is 33.8 Å². The molecule has 0 saturated heterocycles. The fourth-order valence-electron chi connectivity index (χ4n) is 6.25. The van der Waals surface area contributed by atoms with Gasteiger partial charge in [-0.3, -0.25) is 9.59 Å². The van der Waals surface area contributed by atoms with E-state index in [1.54, 1.807) is 6.07 Å². The normalized spacial score (nSPS) is 11.2. The fraction of sp³-hybridized carbons (Fsp3) is 0.524. The lowest BCUT2D eigenvalue weighted by Gasteiger charge is -2.25. The first-order valence-electron chi connectivity index (χ1n) is 18.8. The van der Waals surface area contributed by atoms with Crippen LogP contribution in [0.1, 0.15) is 119 Å². The molecule has 4 rings (SSSR count). The number of hydrogen-bond donors (Lipinski definition) is 0. The number of hydrogen-bond acceptors (Lipinski definition) is 8. The Morgan fingerprint density at radius 2 is 0.840 bits per heavy atom. The predicted molar refractivity (Wildman–Crippen MR) is 202 cm³/mol. The average molecular weight is 689 g/mol. The van der Waals surface area contributed by atoms with Gasteiger partial charge in [0.15, 0.2) is 23.0 Å². The summed E-state index contributed by atoms with van der Waals surface area (Å²) >= 11 is 0. The van der Waals surface area contributed by atoms with E-state index < -0.39 is 11.9 Å². The van der Waals surface area contributed by atoms with Crippen molar-refractivity contribution >= 4 is 44.3 Å². The molecular weight excluding hydrogens is 632 g/mol. The molecule has 0 radical (unpaired) electrons. The van der Waals surface area contributed by atoms with E-state index >= 15 is 0 Å². The summed E-state index contributed by atoms with van der Waals surface area (Å²) in [5, 5.41) is 4.68. The summed E-state index contributed by atoms with van der Waals surface area (Å²) in [6.45, 7) is 13.2. The molecule has 50 heavy (non-hydrogen) atoms. The van der Waals surface area contributed by atoms with E-state index in [0.29, 0.717) is 60.2 Å². The van der Waals surface area contributed by atoms with E-state index in [1.165, 1.54) is 13.8 Å². The first-order valence-corrected chi connectivity index (χ1v) is 18.8. The zero-order valence-corrected chi connectivity index (χ0v) is 31.0. The molecule has 0 aliphatic heterocycles. The summed E-state index contributed by atoms with van der Waals surface area (Å²) < 4.78 is 38.6. The third-order valence-corrected chi connectivity index (χ3v) is 8.66. The first kappa shape index (κ1) is 38.6. The zero-order valence-electron chi connectivity index (χ0n) is 31.0. The van der Waals surface area contributed by atoms with Crippen LogP contribution in [-0.2, 0) is 9.59 Å². The maximum atomic E-state index is 12.7. The minimum atomic E-state index is -0.541. The minimum absolute atomic E-state index is 0.143. The summed E-state index contributed by atoms with van der Waals surface area (Å²) in [4.78, 5) is 25.1. The quantitative estimate of drug-likeness (QED) is 0.0349. The molecule has 4 aromatic carbocycles. The van der Waals surface area contributed by atoms with Crippen LogP contribution in [0.15, 0.2) is 36.4 Å². The lowest BCUT2D eigenvalue weighted by Crippen LogP contribution is -2.11. The molecular formula is C42H56O8. The van der Waals surface area contributed by atoms with Crippen molar-refractivity contribution in [3.63, 3.8) is 0 Å². The van der Waals surface area contributed by atoms with E-state index in [9.17, 15) is 9.59 Å². The van der Waals surface area contributed by atoms with Gasteiger partial charge >= 0.3 is 11.9 Å². The van der Waals surface area contributed by atoms with Gasteiger partial charge in [0, 0.05) is 30.0 Å². The summed E-state index contributed by atoms with van der Waals surface area (Å²) in [6, 6.07) is 11.7. The highest BCUT2D eigenvalue weighted by Gasteiger charge is 2.31. The van der Waals surface area contributed by atoms with Crippen molar-refractivity contribution in [2.75, 3.05) is 26.4 Å². The van der Waals surface area contributed by atoms with Crippen molar-refractivity contribution in [3.8, 4) is 34.5 Å².